The lowest BCUT2D eigenvalue weighted by atomic mass is 10.0. The number of aromatic amines is 1. The number of fused-ring (bicyclic) bond motifs is 3. The zero-order chi connectivity index (χ0) is 25.1. The van der Waals surface area contributed by atoms with Gasteiger partial charge >= 0.3 is 11.4 Å². The van der Waals surface area contributed by atoms with Crippen LogP contribution in [0.5, 0.6) is 0 Å². The van der Waals surface area contributed by atoms with Gasteiger partial charge in [0.05, 0.1) is 27.5 Å². The maximum atomic E-state index is 13.3. The van der Waals surface area contributed by atoms with Crippen LogP contribution in [-0.4, -0.2) is 41.7 Å². The Morgan fingerprint density at radius 2 is 1.78 bits per heavy atom. The van der Waals surface area contributed by atoms with Crippen molar-refractivity contribution in [3.63, 3.8) is 0 Å². The number of rotatable bonds is 3. The Kier molecular flexibility index (Phi) is 5.06. The summed E-state index contributed by atoms with van der Waals surface area (Å²) >= 11 is 0. The van der Waals surface area contributed by atoms with E-state index in [1.807, 2.05) is 44.2 Å². The smallest absolute Gasteiger partial charge is 0.331 e. The van der Waals surface area contributed by atoms with Gasteiger partial charge in [-0.25, -0.2) is 19.6 Å². The van der Waals surface area contributed by atoms with Gasteiger partial charge in [0.25, 0.3) is 5.56 Å². The molecule has 1 N–H and O–H groups in total. The normalized spacial score (nSPS) is 14.9. The maximum Gasteiger partial charge on any atom is 0.331 e. The van der Waals surface area contributed by atoms with E-state index in [1.165, 1.54) is 4.57 Å². The highest BCUT2D eigenvalue weighted by Crippen LogP contribution is 2.30. The van der Waals surface area contributed by atoms with Gasteiger partial charge in [0.2, 0.25) is 0 Å². The molecule has 4 heterocycles. The van der Waals surface area contributed by atoms with Crippen molar-refractivity contribution in [2.24, 2.45) is 7.05 Å². The van der Waals surface area contributed by atoms with E-state index in [1.54, 1.807) is 22.5 Å². The van der Waals surface area contributed by atoms with Crippen LogP contribution < -0.4 is 21.8 Å². The minimum Gasteiger partial charge on any atom is -0.356 e. The second-order valence-corrected chi connectivity index (χ2v) is 9.51. The summed E-state index contributed by atoms with van der Waals surface area (Å²) in [7, 11) is 1.72. The number of hydrogen-bond donors (Lipinski definition) is 1. The molecule has 10 nitrogen and oxygen atoms in total. The summed E-state index contributed by atoms with van der Waals surface area (Å²) < 4.78 is 4.68. The minimum absolute atomic E-state index is 0.143. The number of nitrogens with zero attached hydrogens (tertiary/aromatic N) is 6. The van der Waals surface area contributed by atoms with Crippen molar-refractivity contribution in [1.82, 2.24) is 28.7 Å². The first kappa shape index (κ1) is 22.3. The van der Waals surface area contributed by atoms with Crippen LogP contribution in [0.25, 0.3) is 32.8 Å². The first-order valence-electron chi connectivity index (χ1n) is 12.2. The lowest BCUT2D eigenvalue weighted by molar-refractivity contribution is 0.371. The molecule has 1 fully saturated rings. The van der Waals surface area contributed by atoms with Crippen LogP contribution in [0.3, 0.4) is 0 Å². The van der Waals surface area contributed by atoms with Gasteiger partial charge in [0.15, 0.2) is 0 Å². The molecule has 0 bridgehead atoms. The highest BCUT2D eigenvalue weighted by atomic mass is 16.2. The Hall–Kier alpha value is -4.21. The summed E-state index contributed by atoms with van der Waals surface area (Å²) in [6, 6.07) is 9.27. The number of H-pyrrole nitrogens is 1. The first-order valence-corrected chi connectivity index (χ1v) is 12.2. The highest BCUT2D eigenvalue weighted by Gasteiger charge is 2.26. The molecule has 3 aromatic heterocycles. The van der Waals surface area contributed by atoms with Crippen molar-refractivity contribution in [1.29, 1.82) is 0 Å². The molecule has 0 radical (unpaired) electrons. The molecule has 1 aliphatic heterocycles. The average molecular weight is 486 g/mol. The van der Waals surface area contributed by atoms with E-state index in [9.17, 15) is 14.4 Å². The van der Waals surface area contributed by atoms with Gasteiger partial charge in [-0.15, -0.1) is 0 Å². The summed E-state index contributed by atoms with van der Waals surface area (Å²) in [6.07, 6.45) is 2.83. The third kappa shape index (κ3) is 3.28. The second-order valence-electron chi connectivity index (χ2n) is 9.51. The molecule has 0 spiro atoms. The van der Waals surface area contributed by atoms with Crippen molar-refractivity contribution in [3.05, 3.63) is 73.5 Å². The standard InChI is InChI=1S/C26H27N7O3/c1-4-32-22-13-19-17(12-20(22)29-25(32)35)23(28-14-27-19)31-9-7-16(8-10-31)33-24(34)18-11-15(2)5-6-21(18)30(3)26(33)36/h5-6,11-14,16H,4,7-10H2,1-3H3,(H,29,35). The quantitative estimate of drug-likeness (QED) is 0.420. The summed E-state index contributed by atoms with van der Waals surface area (Å²) in [6.45, 7) is 5.73. The summed E-state index contributed by atoms with van der Waals surface area (Å²) in [5, 5.41) is 1.43. The Morgan fingerprint density at radius 3 is 2.53 bits per heavy atom. The van der Waals surface area contributed by atoms with Crippen molar-refractivity contribution in [2.45, 2.75) is 39.3 Å². The van der Waals surface area contributed by atoms with Crippen LogP contribution in [-0.2, 0) is 13.6 Å². The van der Waals surface area contributed by atoms with E-state index in [0.717, 1.165) is 33.3 Å². The molecule has 0 saturated carbocycles. The predicted octanol–water partition coefficient (Wildman–Crippen LogP) is 2.46. The van der Waals surface area contributed by atoms with Crippen LogP contribution in [0, 0.1) is 6.92 Å². The molecule has 6 rings (SSSR count). The Bertz CT molecular complexity index is 1840. The average Bonchev–Trinajstić information content (AvgIpc) is 3.19. The van der Waals surface area contributed by atoms with Crippen LogP contribution in [0.1, 0.15) is 31.4 Å². The third-order valence-corrected chi connectivity index (χ3v) is 7.41. The van der Waals surface area contributed by atoms with Crippen LogP contribution in [0.2, 0.25) is 0 Å². The fourth-order valence-corrected chi connectivity index (χ4v) is 5.51. The molecule has 2 aromatic carbocycles. The Morgan fingerprint density at radius 1 is 1.00 bits per heavy atom. The second kappa shape index (κ2) is 8.18. The van der Waals surface area contributed by atoms with Gasteiger partial charge in [-0.1, -0.05) is 11.6 Å². The summed E-state index contributed by atoms with van der Waals surface area (Å²) in [5.41, 5.74) is 3.32. The zero-order valence-electron chi connectivity index (χ0n) is 20.5. The van der Waals surface area contributed by atoms with Gasteiger partial charge in [-0.3, -0.25) is 18.5 Å². The maximum absolute atomic E-state index is 13.3. The van der Waals surface area contributed by atoms with E-state index in [-0.39, 0.29) is 23.0 Å². The number of benzene rings is 2. The van der Waals surface area contributed by atoms with Crippen molar-refractivity contribution >= 4 is 38.7 Å². The summed E-state index contributed by atoms with van der Waals surface area (Å²) in [4.78, 5) is 52.9. The number of piperidine rings is 1. The van der Waals surface area contributed by atoms with Crippen LogP contribution >= 0.6 is 0 Å². The van der Waals surface area contributed by atoms with E-state index >= 15 is 0 Å². The number of imidazole rings is 1. The molecular weight excluding hydrogens is 458 g/mol. The Labute approximate surface area is 205 Å². The van der Waals surface area contributed by atoms with E-state index in [4.69, 9.17) is 0 Å². The van der Waals surface area contributed by atoms with Crippen molar-refractivity contribution < 1.29 is 0 Å². The van der Waals surface area contributed by atoms with Crippen molar-refractivity contribution in [2.75, 3.05) is 18.0 Å². The van der Waals surface area contributed by atoms with Gasteiger partial charge < -0.3 is 9.88 Å². The first-order chi connectivity index (χ1) is 17.4. The lowest BCUT2D eigenvalue weighted by Crippen LogP contribution is -2.45. The van der Waals surface area contributed by atoms with Gasteiger partial charge in [-0.2, -0.15) is 0 Å². The molecule has 1 saturated heterocycles. The molecule has 0 amide bonds. The predicted molar refractivity (Wildman–Crippen MR) is 140 cm³/mol. The highest BCUT2D eigenvalue weighted by molar-refractivity contribution is 5.98. The van der Waals surface area contributed by atoms with Gasteiger partial charge in [0, 0.05) is 38.1 Å². The molecule has 0 unspecified atom stereocenters. The Balaban J connectivity index is 1.36. The lowest BCUT2D eigenvalue weighted by Gasteiger charge is -2.34. The molecular formula is C26H27N7O3. The third-order valence-electron chi connectivity index (χ3n) is 7.41. The number of nitrogens with one attached hydrogen (secondary N) is 1. The molecule has 36 heavy (non-hydrogen) atoms. The molecule has 10 heteroatoms. The molecule has 5 aromatic rings. The molecule has 184 valence electrons. The van der Waals surface area contributed by atoms with Crippen LogP contribution in [0.15, 0.2) is 51.0 Å². The number of hydrogen-bond acceptors (Lipinski definition) is 6. The molecule has 0 atom stereocenters. The van der Waals surface area contributed by atoms with Crippen molar-refractivity contribution in [3.8, 4) is 0 Å². The monoisotopic (exact) mass is 485 g/mol. The SMILES string of the molecule is CCn1c(=O)[nH]c2cc3c(N4CCC(n5c(=O)c6cc(C)ccc6n(C)c5=O)CC4)ncnc3cc21. The molecule has 1 aliphatic rings. The van der Waals surface area contributed by atoms with Gasteiger partial charge in [0.1, 0.15) is 12.1 Å². The van der Waals surface area contributed by atoms with E-state index in [2.05, 4.69) is 19.9 Å². The minimum atomic E-state index is -0.283. The van der Waals surface area contributed by atoms with Gasteiger partial charge in [-0.05, 0) is 51.0 Å². The largest absolute Gasteiger partial charge is 0.356 e. The van der Waals surface area contributed by atoms with E-state index in [0.29, 0.717) is 43.4 Å². The summed E-state index contributed by atoms with van der Waals surface area (Å²) in [5.74, 6) is 0.792. The fraction of sp³-hybridized carbons (Fsp3) is 0.346. The number of aryl methyl sites for hydroxylation is 3. The fourth-order valence-electron chi connectivity index (χ4n) is 5.51. The zero-order valence-corrected chi connectivity index (χ0v) is 20.5. The number of anilines is 1. The topological polar surface area (TPSA) is 111 Å². The molecule has 0 aliphatic carbocycles. The van der Waals surface area contributed by atoms with E-state index < -0.39 is 0 Å². The number of aromatic nitrogens is 6. The van der Waals surface area contributed by atoms with Crippen LogP contribution in [0.4, 0.5) is 5.82 Å².